The highest BCUT2D eigenvalue weighted by atomic mass is 32.2. The molecular formula is C13H20N2S. The van der Waals surface area contributed by atoms with Gasteiger partial charge in [-0.05, 0) is 44.8 Å². The predicted molar refractivity (Wildman–Crippen MR) is 72.4 cm³/mol. The van der Waals surface area contributed by atoms with Crippen LogP contribution in [0.3, 0.4) is 0 Å². The molecule has 1 saturated heterocycles. The van der Waals surface area contributed by atoms with E-state index in [-0.39, 0.29) is 0 Å². The van der Waals surface area contributed by atoms with Gasteiger partial charge in [-0.15, -0.1) is 11.8 Å². The lowest BCUT2D eigenvalue weighted by molar-refractivity contribution is 0.261. The third kappa shape index (κ3) is 2.92. The molecule has 2 rings (SSSR count). The highest BCUT2D eigenvalue weighted by Crippen LogP contribution is 2.26. The summed E-state index contributed by atoms with van der Waals surface area (Å²) in [6, 6.07) is 9.17. The van der Waals surface area contributed by atoms with Crippen molar-refractivity contribution in [2.75, 3.05) is 31.7 Å². The number of benzene rings is 1. The van der Waals surface area contributed by atoms with Crippen LogP contribution < -0.4 is 5.32 Å². The maximum atomic E-state index is 3.67. The van der Waals surface area contributed by atoms with E-state index in [0.717, 1.165) is 6.54 Å². The number of piperidine rings is 1. The average Bonchev–Trinajstić information content (AvgIpc) is 2.30. The van der Waals surface area contributed by atoms with Crippen LogP contribution in [-0.4, -0.2) is 37.3 Å². The Morgan fingerprint density at radius 3 is 2.94 bits per heavy atom. The van der Waals surface area contributed by atoms with Gasteiger partial charge < -0.3 is 10.2 Å². The van der Waals surface area contributed by atoms with Crippen molar-refractivity contribution >= 4 is 17.4 Å². The van der Waals surface area contributed by atoms with Gasteiger partial charge in [-0.1, -0.05) is 12.1 Å². The van der Waals surface area contributed by atoms with Crippen molar-refractivity contribution in [3.63, 3.8) is 0 Å². The van der Waals surface area contributed by atoms with Crippen LogP contribution in [0.1, 0.15) is 12.8 Å². The van der Waals surface area contributed by atoms with E-state index in [1.807, 2.05) is 11.8 Å². The van der Waals surface area contributed by atoms with Gasteiger partial charge in [0.2, 0.25) is 0 Å². The molecule has 1 aromatic rings. The van der Waals surface area contributed by atoms with E-state index in [2.05, 4.69) is 47.8 Å². The topological polar surface area (TPSA) is 15.3 Å². The summed E-state index contributed by atoms with van der Waals surface area (Å²) in [7, 11) is 2.20. The zero-order chi connectivity index (χ0) is 11.4. The number of para-hydroxylation sites is 1. The maximum absolute atomic E-state index is 3.67. The first-order chi connectivity index (χ1) is 7.79. The molecule has 1 aliphatic rings. The van der Waals surface area contributed by atoms with Crippen LogP contribution in [0, 0.1) is 0 Å². The number of likely N-dealkylation sites (tertiary alicyclic amines) is 1. The number of hydrogen-bond donors (Lipinski definition) is 1. The van der Waals surface area contributed by atoms with Gasteiger partial charge in [0.05, 0.1) is 0 Å². The van der Waals surface area contributed by atoms with Crippen molar-refractivity contribution in [3.8, 4) is 0 Å². The SMILES string of the molecule is CSc1ccccc1NC1CCCN(C)C1. The second-order valence-corrected chi connectivity index (χ2v) is 5.29. The Morgan fingerprint density at radius 1 is 1.38 bits per heavy atom. The van der Waals surface area contributed by atoms with Gasteiger partial charge in [-0.2, -0.15) is 0 Å². The summed E-state index contributed by atoms with van der Waals surface area (Å²) >= 11 is 1.81. The summed E-state index contributed by atoms with van der Waals surface area (Å²) in [4.78, 5) is 3.75. The molecular weight excluding hydrogens is 216 g/mol. The molecule has 1 fully saturated rings. The molecule has 1 N–H and O–H groups in total. The van der Waals surface area contributed by atoms with E-state index in [1.54, 1.807) is 0 Å². The maximum Gasteiger partial charge on any atom is 0.0480 e. The fourth-order valence-corrected chi connectivity index (χ4v) is 2.83. The zero-order valence-electron chi connectivity index (χ0n) is 10.1. The number of thioether (sulfide) groups is 1. The standard InChI is InChI=1S/C13H20N2S/c1-15-9-5-6-11(10-15)14-12-7-3-4-8-13(12)16-2/h3-4,7-8,11,14H,5-6,9-10H2,1-2H3. The molecule has 0 radical (unpaired) electrons. The van der Waals surface area contributed by atoms with Gasteiger partial charge >= 0.3 is 0 Å². The monoisotopic (exact) mass is 236 g/mol. The first kappa shape index (κ1) is 11.8. The Hall–Kier alpha value is -0.670. The molecule has 0 bridgehead atoms. The van der Waals surface area contributed by atoms with Gasteiger partial charge in [-0.3, -0.25) is 0 Å². The average molecular weight is 236 g/mol. The van der Waals surface area contributed by atoms with Crippen LogP contribution in [0.25, 0.3) is 0 Å². The molecule has 0 aliphatic carbocycles. The second kappa shape index (κ2) is 5.60. The number of anilines is 1. The van der Waals surface area contributed by atoms with E-state index < -0.39 is 0 Å². The van der Waals surface area contributed by atoms with Crippen molar-refractivity contribution < 1.29 is 0 Å². The fourth-order valence-electron chi connectivity index (χ4n) is 2.27. The highest BCUT2D eigenvalue weighted by Gasteiger charge is 2.17. The summed E-state index contributed by atoms with van der Waals surface area (Å²) in [6.07, 6.45) is 4.72. The molecule has 1 atom stereocenters. The molecule has 16 heavy (non-hydrogen) atoms. The quantitative estimate of drug-likeness (QED) is 0.812. The number of nitrogens with one attached hydrogen (secondary N) is 1. The summed E-state index contributed by atoms with van der Waals surface area (Å²) in [5, 5.41) is 3.67. The summed E-state index contributed by atoms with van der Waals surface area (Å²) in [5.41, 5.74) is 1.29. The normalized spacial score (nSPS) is 22.0. The molecule has 1 aromatic carbocycles. The highest BCUT2D eigenvalue weighted by molar-refractivity contribution is 7.98. The lowest BCUT2D eigenvalue weighted by Gasteiger charge is -2.31. The Bertz CT molecular complexity index is 340. The van der Waals surface area contributed by atoms with Gasteiger partial charge in [-0.25, -0.2) is 0 Å². The molecule has 1 unspecified atom stereocenters. The molecule has 0 amide bonds. The molecule has 88 valence electrons. The Morgan fingerprint density at radius 2 is 2.19 bits per heavy atom. The van der Waals surface area contributed by atoms with E-state index in [9.17, 15) is 0 Å². The third-order valence-electron chi connectivity index (χ3n) is 3.09. The molecule has 1 aliphatic heterocycles. The summed E-state index contributed by atoms with van der Waals surface area (Å²) in [6.45, 7) is 2.39. The third-order valence-corrected chi connectivity index (χ3v) is 3.89. The van der Waals surface area contributed by atoms with E-state index in [1.165, 1.54) is 30.0 Å². The fraction of sp³-hybridized carbons (Fsp3) is 0.538. The number of rotatable bonds is 3. The van der Waals surface area contributed by atoms with Gasteiger partial charge in [0, 0.05) is 23.2 Å². The van der Waals surface area contributed by atoms with Crippen LogP contribution >= 0.6 is 11.8 Å². The molecule has 0 spiro atoms. The molecule has 2 nitrogen and oxygen atoms in total. The molecule has 0 aromatic heterocycles. The van der Waals surface area contributed by atoms with E-state index in [0.29, 0.717) is 6.04 Å². The smallest absolute Gasteiger partial charge is 0.0480 e. The molecule has 3 heteroatoms. The summed E-state index contributed by atoms with van der Waals surface area (Å²) < 4.78 is 0. The number of likely N-dealkylation sites (N-methyl/N-ethyl adjacent to an activating group) is 1. The Balaban J connectivity index is 2.02. The number of hydrogen-bond acceptors (Lipinski definition) is 3. The van der Waals surface area contributed by atoms with Crippen LogP contribution in [0.4, 0.5) is 5.69 Å². The van der Waals surface area contributed by atoms with Crippen LogP contribution in [0.5, 0.6) is 0 Å². The minimum Gasteiger partial charge on any atom is -0.380 e. The first-order valence-electron chi connectivity index (χ1n) is 5.87. The molecule has 0 saturated carbocycles. The van der Waals surface area contributed by atoms with Crippen molar-refractivity contribution in [2.24, 2.45) is 0 Å². The lowest BCUT2D eigenvalue weighted by Crippen LogP contribution is -2.39. The van der Waals surface area contributed by atoms with Gasteiger partial charge in [0.1, 0.15) is 0 Å². The Kier molecular flexibility index (Phi) is 4.13. The minimum atomic E-state index is 0.604. The minimum absolute atomic E-state index is 0.604. The van der Waals surface area contributed by atoms with E-state index >= 15 is 0 Å². The van der Waals surface area contributed by atoms with Crippen LogP contribution in [0.15, 0.2) is 29.2 Å². The predicted octanol–water partition coefficient (Wildman–Crippen LogP) is 2.91. The zero-order valence-corrected chi connectivity index (χ0v) is 10.9. The van der Waals surface area contributed by atoms with Crippen molar-refractivity contribution in [3.05, 3.63) is 24.3 Å². The van der Waals surface area contributed by atoms with E-state index in [4.69, 9.17) is 0 Å². The second-order valence-electron chi connectivity index (χ2n) is 4.45. The first-order valence-corrected chi connectivity index (χ1v) is 7.10. The van der Waals surface area contributed by atoms with Crippen molar-refractivity contribution in [2.45, 2.75) is 23.8 Å². The van der Waals surface area contributed by atoms with Gasteiger partial charge in [0.25, 0.3) is 0 Å². The molecule has 1 heterocycles. The van der Waals surface area contributed by atoms with Gasteiger partial charge in [0.15, 0.2) is 0 Å². The number of nitrogens with zero attached hydrogens (tertiary/aromatic N) is 1. The van der Waals surface area contributed by atoms with Crippen molar-refractivity contribution in [1.29, 1.82) is 0 Å². The van der Waals surface area contributed by atoms with Crippen molar-refractivity contribution in [1.82, 2.24) is 4.90 Å². The van der Waals surface area contributed by atoms with Crippen LogP contribution in [-0.2, 0) is 0 Å². The summed E-state index contributed by atoms with van der Waals surface area (Å²) in [5.74, 6) is 0. The Labute approximate surface area is 102 Å². The lowest BCUT2D eigenvalue weighted by atomic mass is 10.1. The largest absolute Gasteiger partial charge is 0.380 e. The van der Waals surface area contributed by atoms with Crippen LogP contribution in [0.2, 0.25) is 0 Å².